The molecule has 1 atom stereocenters. The summed E-state index contributed by atoms with van der Waals surface area (Å²) in [7, 11) is -2.74. The number of amides is 2. The van der Waals surface area contributed by atoms with Gasteiger partial charge in [0, 0.05) is 12.6 Å². The molecule has 0 aliphatic rings. The number of nitrogens with one attached hydrogen (secondary N) is 1. The lowest BCUT2D eigenvalue weighted by Gasteiger charge is -2.34. The van der Waals surface area contributed by atoms with E-state index in [0.29, 0.717) is 12.2 Å². The normalized spacial score (nSPS) is 12.1. The highest BCUT2D eigenvalue weighted by molar-refractivity contribution is 7.92. The van der Waals surface area contributed by atoms with Crippen LogP contribution in [0.15, 0.2) is 71.6 Å². The van der Waals surface area contributed by atoms with E-state index in [1.165, 1.54) is 24.1 Å². The van der Waals surface area contributed by atoms with Crippen molar-refractivity contribution in [2.45, 2.75) is 71.5 Å². The summed E-state index contributed by atoms with van der Waals surface area (Å²) in [6.07, 6.45) is 0.356. The van der Waals surface area contributed by atoms with Crippen LogP contribution in [0.3, 0.4) is 0 Å². The number of nitrogens with zero attached hydrogens (tertiary/aromatic N) is 2. The van der Waals surface area contributed by atoms with Gasteiger partial charge in [0.2, 0.25) is 11.8 Å². The predicted molar refractivity (Wildman–Crippen MR) is 163 cm³/mol. The van der Waals surface area contributed by atoms with Crippen molar-refractivity contribution in [2.24, 2.45) is 0 Å². The molecule has 3 aromatic rings. The molecule has 0 heterocycles. The predicted octanol–water partition coefficient (Wildman–Crippen LogP) is 5.15. The molecule has 0 saturated heterocycles. The van der Waals surface area contributed by atoms with E-state index in [9.17, 15) is 18.0 Å². The third-order valence-corrected chi connectivity index (χ3v) is 8.68. The van der Waals surface area contributed by atoms with Crippen molar-refractivity contribution in [2.75, 3.05) is 18.0 Å². The third kappa shape index (κ3) is 7.67. The van der Waals surface area contributed by atoms with Crippen LogP contribution in [0, 0.1) is 20.8 Å². The second kappa shape index (κ2) is 13.7. The highest BCUT2D eigenvalue weighted by Gasteiger charge is 2.35. The number of anilines is 1. The molecule has 1 N–H and O–H groups in total. The number of carbonyl (C=O) groups excluding carboxylic acids is 2. The van der Waals surface area contributed by atoms with Crippen LogP contribution in [-0.4, -0.2) is 50.9 Å². The lowest BCUT2D eigenvalue weighted by Crippen LogP contribution is -2.53. The molecule has 9 heteroatoms. The lowest BCUT2D eigenvalue weighted by molar-refractivity contribution is -0.140. The maximum absolute atomic E-state index is 14.2. The number of aryl methyl sites for hydroxylation is 3. The molecule has 0 radical (unpaired) electrons. The Kier molecular flexibility index (Phi) is 10.6. The molecule has 3 rings (SSSR count). The summed E-state index contributed by atoms with van der Waals surface area (Å²) in [6, 6.07) is 18.4. The van der Waals surface area contributed by atoms with E-state index in [-0.39, 0.29) is 29.1 Å². The van der Waals surface area contributed by atoms with Crippen molar-refractivity contribution in [1.29, 1.82) is 0 Å². The Morgan fingerprint density at radius 2 is 1.56 bits per heavy atom. The molecule has 0 spiro atoms. The SMILES string of the molecule is CC[C@H](C(=O)NC(C)C)N(Cc1ccccc1C)C(=O)CN(c1cc(C)ccc1OC)S(=O)(=O)c1ccc(C)cc1. The summed E-state index contributed by atoms with van der Waals surface area (Å²) < 4.78 is 34.9. The van der Waals surface area contributed by atoms with Crippen LogP contribution in [-0.2, 0) is 26.2 Å². The third-order valence-electron chi connectivity index (χ3n) is 6.91. The van der Waals surface area contributed by atoms with Crippen molar-refractivity contribution in [3.63, 3.8) is 0 Å². The molecule has 0 aliphatic heterocycles. The Morgan fingerprint density at radius 1 is 0.927 bits per heavy atom. The van der Waals surface area contributed by atoms with Gasteiger partial charge in [-0.25, -0.2) is 8.42 Å². The zero-order valence-corrected chi connectivity index (χ0v) is 25.8. The summed E-state index contributed by atoms with van der Waals surface area (Å²) in [5.74, 6) is -0.474. The van der Waals surface area contributed by atoms with Gasteiger partial charge >= 0.3 is 0 Å². The zero-order chi connectivity index (χ0) is 30.3. The van der Waals surface area contributed by atoms with Gasteiger partial charge < -0.3 is 15.0 Å². The zero-order valence-electron chi connectivity index (χ0n) is 25.0. The minimum Gasteiger partial charge on any atom is -0.495 e. The second-order valence-corrected chi connectivity index (χ2v) is 12.4. The maximum atomic E-state index is 14.2. The van der Waals surface area contributed by atoms with E-state index in [0.717, 1.165) is 26.6 Å². The summed E-state index contributed by atoms with van der Waals surface area (Å²) in [5.41, 5.74) is 3.80. The number of sulfonamides is 1. The number of hydrogen-bond acceptors (Lipinski definition) is 5. The Balaban J connectivity index is 2.15. The fourth-order valence-corrected chi connectivity index (χ4v) is 6.03. The molecule has 220 valence electrons. The molecule has 0 bridgehead atoms. The van der Waals surface area contributed by atoms with Crippen molar-refractivity contribution >= 4 is 27.5 Å². The first-order valence-corrected chi connectivity index (χ1v) is 15.2. The van der Waals surface area contributed by atoms with Crippen LogP contribution >= 0.6 is 0 Å². The Bertz CT molecular complexity index is 1470. The summed E-state index contributed by atoms with van der Waals surface area (Å²) in [6.45, 7) is 10.8. The topological polar surface area (TPSA) is 96.0 Å². The van der Waals surface area contributed by atoms with Gasteiger partial charge in [0.25, 0.3) is 10.0 Å². The van der Waals surface area contributed by atoms with Crippen molar-refractivity contribution in [3.05, 3.63) is 89.0 Å². The summed E-state index contributed by atoms with van der Waals surface area (Å²) in [5, 5.41) is 2.92. The van der Waals surface area contributed by atoms with Crippen LogP contribution in [0.2, 0.25) is 0 Å². The van der Waals surface area contributed by atoms with Crippen LogP contribution in [0.5, 0.6) is 5.75 Å². The van der Waals surface area contributed by atoms with Crippen molar-refractivity contribution < 1.29 is 22.7 Å². The Labute approximate surface area is 244 Å². The van der Waals surface area contributed by atoms with Gasteiger partial charge in [-0.1, -0.05) is 55.0 Å². The molecular formula is C32H41N3O5S. The van der Waals surface area contributed by atoms with Gasteiger partial charge in [-0.05, 0) is 82.0 Å². The average Bonchev–Trinajstić information content (AvgIpc) is 2.92. The minimum atomic E-state index is -4.20. The Hall–Kier alpha value is -3.85. The number of benzene rings is 3. The number of rotatable bonds is 12. The van der Waals surface area contributed by atoms with Gasteiger partial charge in [-0.15, -0.1) is 0 Å². The molecule has 0 fully saturated rings. The van der Waals surface area contributed by atoms with Crippen LogP contribution in [0.4, 0.5) is 5.69 Å². The molecule has 41 heavy (non-hydrogen) atoms. The largest absolute Gasteiger partial charge is 0.495 e. The Morgan fingerprint density at radius 3 is 2.15 bits per heavy atom. The fourth-order valence-electron chi connectivity index (χ4n) is 4.62. The first-order valence-electron chi connectivity index (χ1n) is 13.8. The van der Waals surface area contributed by atoms with Crippen LogP contribution in [0.25, 0.3) is 0 Å². The van der Waals surface area contributed by atoms with Gasteiger partial charge in [-0.2, -0.15) is 0 Å². The van der Waals surface area contributed by atoms with E-state index >= 15 is 0 Å². The van der Waals surface area contributed by atoms with Gasteiger partial charge in [-0.3, -0.25) is 13.9 Å². The maximum Gasteiger partial charge on any atom is 0.264 e. The minimum absolute atomic E-state index is 0.0505. The van der Waals surface area contributed by atoms with Gasteiger partial charge in [0.05, 0.1) is 17.7 Å². The monoisotopic (exact) mass is 579 g/mol. The van der Waals surface area contributed by atoms with Crippen LogP contribution in [0.1, 0.15) is 49.4 Å². The number of ether oxygens (including phenoxy) is 1. The number of methoxy groups -OCH3 is 1. The second-order valence-electron chi connectivity index (χ2n) is 10.5. The average molecular weight is 580 g/mol. The van der Waals surface area contributed by atoms with Crippen molar-refractivity contribution in [1.82, 2.24) is 10.2 Å². The summed E-state index contributed by atoms with van der Waals surface area (Å²) in [4.78, 5) is 29.1. The van der Waals surface area contributed by atoms with E-state index in [1.54, 1.807) is 24.3 Å². The molecule has 3 aromatic carbocycles. The standard InChI is InChI=1S/C32H41N3O5S/c1-8-28(32(37)33-22(2)3)34(20-26-12-10-9-11-25(26)6)31(36)21-35(29-19-24(5)15-18-30(29)40-7)41(38,39)27-16-13-23(4)14-17-27/h9-19,22,28H,8,20-21H2,1-7H3,(H,33,37)/t28-/m1/s1. The van der Waals surface area contributed by atoms with E-state index in [1.807, 2.05) is 71.9 Å². The first-order chi connectivity index (χ1) is 19.4. The smallest absolute Gasteiger partial charge is 0.264 e. The van der Waals surface area contributed by atoms with Gasteiger partial charge in [0.15, 0.2) is 0 Å². The molecule has 0 unspecified atom stereocenters. The summed E-state index contributed by atoms with van der Waals surface area (Å²) >= 11 is 0. The van der Waals surface area contributed by atoms with E-state index in [2.05, 4.69) is 5.32 Å². The number of hydrogen-bond donors (Lipinski definition) is 1. The molecule has 8 nitrogen and oxygen atoms in total. The first kappa shape index (κ1) is 31.7. The molecule has 0 saturated carbocycles. The highest BCUT2D eigenvalue weighted by atomic mass is 32.2. The lowest BCUT2D eigenvalue weighted by atomic mass is 10.1. The fraction of sp³-hybridized carbons (Fsp3) is 0.375. The van der Waals surface area contributed by atoms with Gasteiger partial charge in [0.1, 0.15) is 18.3 Å². The number of carbonyl (C=O) groups is 2. The van der Waals surface area contributed by atoms with E-state index in [4.69, 9.17) is 4.74 Å². The quantitative estimate of drug-likeness (QED) is 0.320. The van der Waals surface area contributed by atoms with E-state index < -0.39 is 28.5 Å². The molecular weight excluding hydrogens is 538 g/mol. The highest BCUT2D eigenvalue weighted by Crippen LogP contribution is 2.34. The molecule has 2 amide bonds. The van der Waals surface area contributed by atoms with Crippen LogP contribution < -0.4 is 14.4 Å². The van der Waals surface area contributed by atoms with Crippen molar-refractivity contribution in [3.8, 4) is 5.75 Å². The molecule has 0 aromatic heterocycles. The molecule has 0 aliphatic carbocycles.